The second-order valence-electron chi connectivity index (χ2n) is 6.48. The van der Waals surface area contributed by atoms with Crippen LogP contribution in [-0.2, 0) is 11.3 Å². The molecule has 25 heavy (non-hydrogen) atoms. The SMILES string of the molecule is CSc1ccc(CN(C)C(=O)NCCCN2CCCCCC2=O)cc1. The van der Waals surface area contributed by atoms with Gasteiger partial charge in [-0.15, -0.1) is 11.8 Å². The lowest BCUT2D eigenvalue weighted by atomic mass is 10.2. The van der Waals surface area contributed by atoms with E-state index in [0.717, 1.165) is 44.3 Å². The van der Waals surface area contributed by atoms with Crippen LogP contribution in [0.15, 0.2) is 29.2 Å². The highest BCUT2D eigenvalue weighted by atomic mass is 32.2. The van der Waals surface area contributed by atoms with Crippen LogP contribution >= 0.6 is 11.8 Å². The Hall–Kier alpha value is -1.69. The Kier molecular flexibility index (Phi) is 8.12. The van der Waals surface area contributed by atoms with Gasteiger partial charge in [-0.3, -0.25) is 4.79 Å². The molecule has 5 nitrogen and oxygen atoms in total. The first-order chi connectivity index (χ1) is 12.1. The molecule has 1 N–H and O–H groups in total. The molecule has 0 saturated carbocycles. The van der Waals surface area contributed by atoms with Gasteiger partial charge in [0, 0.05) is 44.5 Å². The van der Waals surface area contributed by atoms with Crippen LogP contribution in [0.3, 0.4) is 0 Å². The van der Waals surface area contributed by atoms with Crippen LogP contribution in [0.25, 0.3) is 0 Å². The van der Waals surface area contributed by atoms with Gasteiger partial charge in [0.2, 0.25) is 5.91 Å². The summed E-state index contributed by atoms with van der Waals surface area (Å²) in [7, 11) is 1.80. The van der Waals surface area contributed by atoms with E-state index in [2.05, 4.69) is 29.6 Å². The predicted octanol–water partition coefficient (Wildman–Crippen LogP) is 3.34. The van der Waals surface area contributed by atoms with Gasteiger partial charge in [0.1, 0.15) is 0 Å². The topological polar surface area (TPSA) is 52.7 Å². The molecule has 1 heterocycles. The van der Waals surface area contributed by atoms with Gasteiger partial charge in [-0.05, 0) is 43.2 Å². The summed E-state index contributed by atoms with van der Waals surface area (Å²) in [6, 6.07) is 8.19. The lowest BCUT2D eigenvalue weighted by Gasteiger charge is -2.21. The molecular formula is C19H29N3O2S. The van der Waals surface area contributed by atoms with E-state index in [0.29, 0.717) is 19.5 Å². The molecule has 0 aromatic heterocycles. The number of carbonyl (C=O) groups is 2. The quantitative estimate of drug-likeness (QED) is 0.597. The maximum absolute atomic E-state index is 12.2. The molecule has 0 spiro atoms. The molecule has 3 amide bonds. The van der Waals surface area contributed by atoms with Crippen LogP contribution in [0.1, 0.15) is 37.7 Å². The fraction of sp³-hybridized carbons (Fsp3) is 0.579. The highest BCUT2D eigenvalue weighted by Crippen LogP contribution is 2.15. The van der Waals surface area contributed by atoms with Crippen molar-refractivity contribution in [2.75, 3.05) is 32.9 Å². The minimum Gasteiger partial charge on any atom is -0.343 e. The zero-order valence-corrected chi connectivity index (χ0v) is 16.1. The number of benzene rings is 1. The van der Waals surface area contributed by atoms with Crippen LogP contribution < -0.4 is 5.32 Å². The number of carbonyl (C=O) groups excluding carboxylic acids is 2. The number of hydrogen-bond donors (Lipinski definition) is 1. The molecule has 138 valence electrons. The normalized spacial score (nSPS) is 15.0. The number of nitrogens with zero attached hydrogens (tertiary/aromatic N) is 2. The minimum absolute atomic E-state index is 0.0730. The van der Waals surface area contributed by atoms with E-state index in [-0.39, 0.29) is 11.9 Å². The zero-order valence-electron chi connectivity index (χ0n) is 15.3. The van der Waals surface area contributed by atoms with E-state index in [1.54, 1.807) is 23.7 Å². The third-order valence-corrected chi connectivity index (χ3v) is 5.22. The largest absolute Gasteiger partial charge is 0.343 e. The molecule has 1 aromatic carbocycles. The van der Waals surface area contributed by atoms with Crippen LogP contribution in [0, 0.1) is 0 Å². The summed E-state index contributed by atoms with van der Waals surface area (Å²) in [6.07, 6.45) is 6.76. The lowest BCUT2D eigenvalue weighted by molar-refractivity contribution is -0.130. The first-order valence-electron chi connectivity index (χ1n) is 9.00. The molecule has 0 radical (unpaired) electrons. The molecule has 1 aliphatic heterocycles. The molecule has 1 aromatic rings. The van der Waals surface area contributed by atoms with E-state index in [1.807, 2.05) is 11.2 Å². The van der Waals surface area contributed by atoms with E-state index in [9.17, 15) is 9.59 Å². The number of amides is 3. The van der Waals surface area contributed by atoms with Crippen molar-refractivity contribution >= 4 is 23.7 Å². The lowest BCUT2D eigenvalue weighted by Crippen LogP contribution is -2.39. The van der Waals surface area contributed by atoms with E-state index >= 15 is 0 Å². The van der Waals surface area contributed by atoms with Gasteiger partial charge in [0.05, 0.1) is 0 Å². The molecule has 6 heteroatoms. The fourth-order valence-electron chi connectivity index (χ4n) is 2.95. The van der Waals surface area contributed by atoms with Crippen molar-refractivity contribution in [3.63, 3.8) is 0 Å². The number of thioether (sulfide) groups is 1. The molecule has 2 rings (SSSR count). The average Bonchev–Trinajstić information content (AvgIpc) is 2.83. The number of likely N-dealkylation sites (tertiary alicyclic amines) is 1. The van der Waals surface area contributed by atoms with Gasteiger partial charge in [0.15, 0.2) is 0 Å². The molecule has 1 saturated heterocycles. The molecule has 1 aliphatic rings. The summed E-state index contributed by atoms with van der Waals surface area (Å²) in [6.45, 7) is 2.78. The Labute approximate surface area is 155 Å². The minimum atomic E-state index is -0.0730. The van der Waals surface area contributed by atoms with Gasteiger partial charge in [0.25, 0.3) is 0 Å². The summed E-state index contributed by atoms with van der Waals surface area (Å²) in [5, 5.41) is 2.94. The van der Waals surface area contributed by atoms with Crippen molar-refractivity contribution in [2.24, 2.45) is 0 Å². The zero-order chi connectivity index (χ0) is 18.1. The van der Waals surface area contributed by atoms with E-state index < -0.39 is 0 Å². The van der Waals surface area contributed by atoms with Crippen LogP contribution in [-0.4, -0.2) is 54.7 Å². The first kappa shape index (κ1) is 19.6. The van der Waals surface area contributed by atoms with Crippen molar-refractivity contribution in [1.29, 1.82) is 0 Å². The van der Waals surface area contributed by atoms with Crippen molar-refractivity contribution in [3.8, 4) is 0 Å². The van der Waals surface area contributed by atoms with Crippen LogP contribution in [0.2, 0.25) is 0 Å². The molecule has 0 atom stereocenters. The molecule has 0 bridgehead atoms. The molecule has 1 fully saturated rings. The Balaban J connectivity index is 1.67. The molecular weight excluding hydrogens is 334 g/mol. The summed E-state index contributed by atoms with van der Waals surface area (Å²) in [4.78, 5) is 28.9. The van der Waals surface area contributed by atoms with Gasteiger partial charge in [-0.1, -0.05) is 18.6 Å². The Morgan fingerprint density at radius 3 is 2.72 bits per heavy atom. The van der Waals surface area contributed by atoms with Crippen molar-refractivity contribution in [3.05, 3.63) is 29.8 Å². The van der Waals surface area contributed by atoms with Gasteiger partial charge in [-0.2, -0.15) is 0 Å². The van der Waals surface area contributed by atoms with Crippen molar-refractivity contribution in [2.45, 2.75) is 43.5 Å². The average molecular weight is 364 g/mol. The fourth-order valence-corrected chi connectivity index (χ4v) is 3.36. The van der Waals surface area contributed by atoms with Gasteiger partial charge >= 0.3 is 6.03 Å². The standard InChI is InChI=1S/C19H29N3O2S/c1-21(15-16-8-10-17(25-2)11-9-16)19(24)20-12-6-14-22-13-5-3-4-7-18(22)23/h8-11H,3-7,12-15H2,1-2H3,(H,20,24). The number of rotatable bonds is 7. The van der Waals surface area contributed by atoms with E-state index in [4.69, 9.17) is 0 Å². The Morgan fingerprint density at radius 2 is 2.00 bits per heavy atom. The second-order valence-corrected chi connectivity index (χ2v) is 7.36. The third kappa shape index (κ3) is 6.61. The first-order valence-corrected chi connectivity index (χ1v) is 10.2. The van der Waals surface area contributed by atoms with Crippen LogP contribution in [0.4, 0.5) is 4.79 Å². The molecule has 0 aliphatic carbocycles. The summed E-state index contributed by atoms with van der Waals surface area (Å²) >= 11 is 1.71. The summed E-state index contributed by atoms with van der Waals surface area (Å²) in [5.74, 6) is 0.259. The highest BCUT2D eigenvalue weighted by molar-refractivity contribution is 7.98. The van der Waals surface area contributed by atoms with Crippen LogP contribution in [0.5, 0.6) is 0 Å². The van der Waals surface area contributed by atoms with Crippen molar-refractivity contribution < 1.29 is 9.59 Å². The predicted molar refractivity (Wildman–Crippen MR) is 103 cm³/mol. The number of hydrogen-bond acceptors (Lipinski definition) is 3. The number of nitrogens with one attached hydrogen (secondary N) is 1. The van der Waals surface area contributed by atoms with Gasteiger partial charge in [-0.25, -0.2) is 4.79 Å². The van der Waals surface area contributed by atoms with Gasteiger partial charge < -0.3 is 15.1 Å². The van der Waals surface area contributed by atoms with E-state index in [1.165, 1.54) is 4.90 Å². The maximum atomic E-state index is 12.2. The molecule has 0 unspecified atom stereocenters. The monoisotopic (exact) mass is 363 g/mol. The maximum Gasteiger partial charge on any atom is 0.317 e. The third-order valence-electron chi connectivity index (χ3n) is 4.48. The van der Waals surface area contributed by atoms with Crippen molar-refractivity contribution in [1.82, 2.24) is 15.1 Å². The smallest absolute Gasteiger partial charge is 0.317 e. The Morgan fingerprint density at radius 1 is 1.24 bits per heavy atom. The second kappa shape index (κ2) is 10.3. The summed E-state index contributed by atoms with van der Waals surface area (Å²) in [5.41, 5.74) is 1.12. The highest BCUT2D eigenvalue weighted by Gasteiger charge is 2.16. The Bertz CT molecular complexity index is 562. The summed E-state index contributed by atoms with van der Waals surface area (Å²) < 4.78 is 0. The number of urea groups is 1.